The van der Waals surface area contributed by atoms with E-state index in [1.54, 1.807) is 6.20 Å². The molecule has 1 aliphatic carbocycles. The average molecular weight is 289 g/mol. The second kappa shape index (κ2) is 6.43. The lowest BCUT2D eigenvalue weighted by atomic mass is 9.85. The molecule has 21 heavy (non-hydrogen) atoms. The maximum absolute atomic E-state index is 12.7. The number of morpholine rings is 1. The fraction of sp³-hybridized carbons (Fsp3) is 0.625. The van der Waals surface area contributed by atoms with Crippen LogP contribution in [0.2, 0.25) is 0 Å². The van der Waals surface area contributed by atoms with E-state index in [2.05, 4.69) is 9.88 Å². The summed E-state index contributed by atoms with van der Waals surface area (Å²) in [5.41, 5.74) is 0.709. The zero-order valence-electron chi connectivity index (χ0n) is 12.6. The Kier molecular flexibility index (Phi) is 4.39. The summed E-state index contributed by atoms with van der Waals surface area (Å²) in [6.45, 7) is 3.84. The number of ether oxygens (including phenoxy) is 1. The van der Waals surface area contributed by atoms with Gasteiger partial charge in [-0.25, -0.2) is 4.98 Å². The van der Waals surface area contributed by atoms with Crippen LogP contribution in [0, 0.1) is 5.92 Å². The molecule has 0 N–H and O–H groups in total. The maximum Gasteiger partial charge on any atom is 0.257 e. The minimum atomic E-state index is 0.0801. The number of carbonyl (C=O) groups excluding carboxylic acids is 1. The van der Waals surface area contributed by atoms with Crippen LogP contribution in [0.25, 0.3) is 0 Å². The standard InChI is InChI=1S/C16H23N3O2/c1-18(12-13-4-2-5-13)16(20)14-6-3-7-17-15(14)19-8-10-21-11-9-19/h3,6-7,13H,2,4-5,8-12H2,1H3. The number of pyridine rings is 1. The quantitative estimate of drug-likeness (QED) is 0.848. The van der Waals surface area contributed by atoms with Gasteiger partial charge in [-0.2, -0.15) is 0 Å². The fourth-order valence-electron chi connectivity index (χ4n) is 2.94. The van der Waals surface area contributed by atoms with E-state index in [9.17, 15) is 4.79 Å². The van der Waals surface area contributed by atoms with Crippen molar-refractivity contribution in [1.82, 2.24) is 9.88 Å². The second-order valence-electron chi connectivity index (χ2n) is 5.96. The molecular weight excluding hydrogens is 266 g/mol. The smallest absolute Gasteiger partial charge is 0.257 e. The summed E-state index contributed by atoms with van der Waals surface area (Å²) in [5.74, 6) is 1.56. The molecule has 1 amide bonds. The lowest BCUT2D eigenvalue weighted by molar-refractivity contribution is 0.0744. The Morgan fingerprint density at radius 3 is 2.86 bits per heavy atom. The summed E-state index contributed by atoms with van der Waals surface area (Å²) < 4.78 is 5.38. The number of nitrogens with zero attached hydrogens (tertiary/aromatic N) is 3. The van der Waals surface area contributed by atoms with E-state index in [4.69, 9.17) is 4.74 Å². The van der Waals surface area contributed by atoms with Crippen molar-refractivity contribution < 1.29 is 9.53 Å². The van der Waals surface area contributed by atoms with Crippen LogP contribution in [0.4, 0.5) is 5.82 Å². The molecule has 5 nitrogen and oxygen atoms in total. The van der Waals surface area contributed by atoms with Crippen molar-refractivity contribution in [2.45, 2.75) is 19.3 Å². The highest BCUT2D eigenvalue weighted by Crippen LogP contribution is 2.28. The number of rotatable bonds is 4. The van der Waals surface area contributed by atoms with Crippen molar-refractivity contribution in [3.05, 3.63) is 23.9 Å². The van der Waals surface area contributed by atoms with Gasteiger partial charge in [0.15, 0.2) is 0 Å². The van der Waals surface area contributed by atoms with Crippen molar-refractivity contribution in [3.8, 4) is 0 Å². The van der Waals surface area contributed by atoms with Gasteiger partial charge in [-0.05, 0) is 30.9 Å². The van der Waals surface area contributed by atoms with Gasteiger partial charge in [0.2, 0.25) is 0 Å². The molecule has 0 spiro atoms. The van der Waals surface area contributed by atoms with Gasteiger partial charge in [-0.1, -0.05) is 6.42 Å². The third-order valence-electron chi connectivity index (χ3n) is 4.43. The largest absolute Gasteiger partial charge is 0.378 e. The van der Waals surface area contributed by atoms with E-state index in [1.165, 1.54) is 19.3 Å². The topological polar surface area (TPSA) is 45.7 Å². The predicted molar refractivity (Wildman–Crippen MR) is 81.6 cm³/mol. The Morgan fingerprint density at radius 2 is 2.19 bits per heavy atom. The number of amides is 1. The van der Waals surface area contributed by atoms with Gasteiger partial charge in [0.05, 0.1) is 18.8 Å². The molecule has 5 heteroatoms. The molecule has 1 aromatic rings. The number of aromatic nitrogens is 1. The third kappa shape index (κ3) is 3.18. The summed E-state index contributed by atoms with van der Waals surface area (Å²) in [6, 6.07) is 3.73. The number of hydrogen-bond acceptors (Lipinski definition) is 4. The van der Waals surface area contributed by atoms with Gasteiger partial charge in [0.1, 0.15) is 5.82 Å². The van der Waals surface area contributed by atoms with E-state index in [-0.39, 0.29) is 5.91 Å². The van der Waals surface area contributed by atoms with E-state index in [1.807, 2.05) is 24.1 Å². The van der Waals surface area contributed by atoms with Crippen molar-refractivity contribution in [2.24, 2.45) is 5.92 Å². The summed E-state index contributed by atoms with van der Waals surface area (Å²) in [6.07, 6.45) is 5.56. The average Bonchev–Trinajstić information content (AvgIpc) is 2.51. The van der Waals surface area contributed by atoms with Crippen LogP contribution in [0.1, 0.15) is 29.6 Å². The van der Waals surface area contributed by atoms with Gasteiger partial charge in [-0.3, -0.25) is 4.79 Å². The summed E-state index contributed by atoms with van der Waals surface area (Å²) in [4.78, 5) is 21.2. The molecule has 1 aliphatic heterocycles. The van der Waals surface area contributed by atoms with Gasteiger partial charge in [-0.15, -0.1) is 0 Å². The third-order valence-corrected chi connectivity index (χ3v) is 4.43. The first-order valence-corrected chi connectivity index (χ1v) is 7.79. The van der Waals surface area contributed by atoms with Crippen molar-refractivity contribution in [2.75, 3.05) is 44.8 Å². The van der Waals surface area contributed by atoms with Crippen LogP contribution >= 0.6 is 0 Å². The molecular formula is C16H23N3O2. The maximum atomic E-state index is 12.7. The molecule has 0 aromatic carbocycles. The molecule has 0 unspecified atom stereocenters. The highest BCUT2D eigenvalue weighted by molar-refractivity contribution is 5.98. The first-order valence-electron chi connectivity index (χ1n) is 7.79. The SMILES string of the molecule is CN(CC1CCC1)C(=O)c1cccnc1N1CCOCC1. The Morgan fingerprint density at radius 1 is 1.43 bits per heavy atom. The molecule has 0 bridgehead atoms. The minimum Gasteiger partial charge on any atom is -0.378 e. The number of anilines is 1. The Labute approximate surface area is 125 Å². The Balaban J connectivity index is 1.75. The molecule has 2 heterocycles. The lowest BCUT2D eigenvalue weighted by Crippen LogP contribution is -2.39. The van der Waals surface area contributed by atoms with Gasteiger partial charge in [0, 0.05) is 32.9 Å². The van der Waals surface area contributed by atoms with E-state index in [0.29, 0.717) is 24.7 Å². The Hall–Kier alpha value is -1.62. The van der Waals surface area contributed by atoms with Crippen LogP contribution in [0.15, 0.2) is 18.3 Å². The zero-order chi connectivity index (χ0) is 14.7. The zero-order valence-corrected chi connectivity index (χ0v) is 12.6. The van der Waals surface area contributed by atoms with Crippen molar-refractivity contribution >= 4 is 11.7 Å². The number of carbonyl (C=O) groups is 1. The first-order chi connectivity index (χ1) is 10.3. The lowest BCUT2D eigenvalue weighted by Gasteiger charge is -2.32. The second-order valence-corrected chi connectivity index (χ2v) is 5.96. The molecule has 2 aliphatic rings. The predicted octanol–water partition coefficient (Wildman–Crippen LogP) is 1.79. The monoisotopic (exact) mass is 289 g/mol. The van der Waals surface area contributed by atoms with Crippen LogP contribution in [-0.4, -0.2) is 55.7 Å². The molecule has 3 rings (SSSR count). The molecule has 1 saturated heterocycles. The van der Waals surface area contributed by atoms with Crippen molar-refractivity contribution in [3.63, 3.8) is 0 Å². The Bertz CT molecular complexity index is 496. The summed E-state index contributed by atoms with van der Waals surface area (Å²) in [5, 5.41) is 0. The van der Waals surface area contributed by atoms with E-state index >= 15 is 0 Å². The molecule has 0 atom stereocenters. The molecule has 1 aromatic heterocycles. The molecule has 1 saturated carbocycles. The first kappa shape index (κ1) is 14.3. The number of hydrogen-bond donors (Lipinski definition) is 0. The summed E-state index contributed by atoms with van der Waals surface area (Å²) >= 11 is 0. The highest BCUT2D eigenvalue weighted by atomic mass is 16.5. The van der Waals surface area contributed by atoms with E-state index < -0.39 is 0 Å². The fourth-order valence-corrected chi connectivity index (χ4v) is 2.94. The van der Waals surface area contributed by atoms with Gasteiger partial charge < -0.3 is 14.5 Å². The minimum absolute atomic E-state index is 0.0801. The van der Waals surface area contributed by atoms with Crippen LogP contribution in [0.5, 0.6) is 0 Å². The van der Waals surface area contributed by atoms with Gasteiger partial charge in [0.25, 0.3) is 5.91 Å². The van der Waals surface area contributed by atoms with Crippen molar-refractivity contribution in [1.29, 1.82) is 0 Å². The van der Waals surface area contributed by atoms with Crippen LogP contribution < -0.4 is 4.90 Å². The molecule has 2 fully saturated rings. The normalized spacial score (nSPS) is 19.2. The molecule has 114 valence electrons. The summed E-state index contributed by atoms with van der Waals surface area (Å²) in [7, 11) is 1.90. The highest BCUT2D eigenvalue weighted by Gasteiger charge is 2.25. The van der Waals surface area contributed by atoms with Gasteiger partial charge >= 0.3 is 0 Å². The van der Waals surface area contributed by atoms with Crippen LogP contribution in [-0.2, 0) is 4.74 Å². The molecule has 0 radical (unpaired) electrons. The van der Waals surface area contributed by atoms with E-state index in [0.717, 1.165) is 25.5 Å². The van der Waals surface area contributed by atoms with Crippen LogP contribution in [0.3, 0.4) is 0 Å².